The first-order valence-electron chi connectivity index (χ1n) is 8.29. The van der Waals surface area contributed by atoms with Crippen LogP contribution in [-0.4, -0.2) is 55.9 Å². The number of amides is 3. The number of likely N-dealkylation sites (N-methyl/N-ethyl adjacent to an activating group) is 1. The van der Waals surface area contributed by atoms with Crippen LogP contribution in [0.1, 0.15) is 28.8 Å². The summed E-state index contributed by atoms with van der Waals surface area (Å²) in [6, 6.07) is 2.95. The second-order valence-electron chi connectivity index (χ2n) is 6.10. The molecule has 2 aliphatic heterocycles. The van der Waals surface area contributed by atoms with Crippen molar-refractivity contribution in [1.29, 1.82) is 0 Å². The lowest BCUT2D eigenvalue weighted by molar-refractivity contribution is -0.136. The summed E-state index contributed by atoms with van der Waals surface area (Å²) in [5.41, 5.74) is 2.13. The lowest BCUT2D eigenvalue weighted by atomic mass is 10.0. The first-order valence-corrected chi connectivity index (χ1v) is 8.29. The number of nitrogens with zero attached hydrogens (tertiary/aromatic N) is 1. The molecule has 0 unspecified atom stereocenters. The highest BCUT2D eigenvalue weighted by molar-refractivity contribution is 6.06. The van der Waals surface area contributed by atoms with Gasteiger partial charge < -0.3 is 20.3 Å². The standard InChI is InChI=1S/C17H22N4O4/c1-18-7-8-19-12-4-3-10-11(15(12)25-2)9-21(17(10)24)13-5-6-14(22)20-16(13)23/h3-4,13,18-19H,5-9H2,1-2H3,(H,20,22,23)/t13-/m0/s1. The van der Waals surface area contributed by atoms with Gasteiger partial charge in [0.05, 0.1) is 19.3 Å². The molecule has 2 aliphatic rings. The van der Waals surface area contributed by atoms with Crippen molar-refractivity contribution in [3.63, 3.8) is 0 Å². The minimum Gasteiger partial charge on any atom is -0.494 e. The normalized spacial score (nSPS) is 19.7. The van der Waals surface area contributed by atoms with E-state index >= 15 is 0 Å². The molecule has 1 fully saturated rings. The molecule has 2 heterocycles. The molecule has 3 amide bonds. The number of methoxy groups -OCH3 is 1. The highest BCUT2D eigenvalue weighted by Crippen LogP contribution is 2.38. The molecule has 0 saturated carbocycles. The van der Waals surface area contributed by atoms with Crippen molar-refractivity contribution in [2.45, 2.75) is 25.4 Å². The number of piperidine rings is 1. The van der Waals surface area contributed by atoms with Gasteiger partial charge in [-0.25, -0.2) is 0 Å². The maximum atomic E-state index is 12.7. The highest BCUT2D eigenvalue weighted by atomic mass is 16.5. The molecular formula is C17H22N4O4. The number of rotatable bonds is 6. The summed E-state index contributed by atoms with van der Waals surface area (Å²) in [5, 5.41) is 8.64. The van der Waals surface area contributed by atoms with E-state index in [-0.39, 0.29) is 18.2 Å². The molecule has 0 aromatic heterocycles. The predicted octanol–water partition coefficient (Wildman–Crippen LogP) is 0.0875. The van der Waals surface area contributed by atoms with E-state index in [4.69, 9.17) is 4.74 Å². The van der Waals surface area contributed by atoms with E-state index in [9.17, 15) is 14.4 Å². The van der Waals surface area contributed by atoms with Crippen molar-refractivity contribution in [1.82, 2.24) is 15.5 Å². The van der Waals surface area contributed by atoms with E-state index in [2.05, 4.69) is 16.0 Å². The molecule has 1 atom stereocenters. The van der Waals surface area contributed by atoms with Crippen LogP contribution in [0.25, 0.3) is 0 Å². The fourth-order valence-corrected chi connectivity index (χ4v) is 3.31. The summed E-state index contributed by atoms with van der Waals surface area (Å²) in [7, 11) is 3.44. The van der Waals surface area contributed by atoms with Crippen LogP contribution < -0.4 is 20.7 Å². The van der Waals surface area contributed by atoms with Crippen LogP contribution >= 0.6 is 0 Å². The zero-order chi connectivity index (χ0) is 18.0. The zero-order valence-electron chi connectivity index (χ0n) is 14.3. The zero-order valence-corrected chi connectivity index (χ0v) is 14.3. The Kier molecular flexibility index (Phi) is 4.89. The van der Waals surface area contributed by atoms with Crippen molar-refractivity contribution in [3.8, 4) is 5.75 Å². The van der Waals surface area contributed by atoms with E-state index in [0.29, 0.717) is 24.3 Å². The summed E-state index contributed by atoms with van der Waals surface area (Å²) < 4.78 is 5.53. The Bertz CT molecular complexity index is 719. The molecule has 134 valence electrons. The molecule has 3 N–H and O–H groups in total. The quantitative estimate of drug-likeness (QED) is 0.499. The van der Waals surface area contributed by atoms with Crippen molar-refractivity contribution in [3.05, 3.63) is 23.3 Å². The minimum atomic E-state index is -0.622. The van der Waals surface area contributed by atoms with E-state index in [1.807, 2.05) is 13.1 Å². The van der Waals surface area contributed by atoms with Gasteiger partial charge in [0.2, 0.25) is 11.8 Å². The molecule has 1 aromatic rings. The van der Waals surface area contributed by atoms with Crippen LogP contribution in [0.3, 0.4) is 0 Å². The van der Waals surface area contributed by atoms with E-state index in [1.54, 1.807) is 13.2 Å². The van der Waals surface area contributed by atoms with Gasteiger partial charge in [-0.3, -0.25) is 19.7 Å². The van der Waals surface area contributed by atoms with Crippen molar-refractivity contribution >= 4 is 23.4 Å². The molecule has 0 spiro atoms. The first kappa shape index (κ1) is 17.2. The number of hydrogen-bond donors (Lipinski definition) is 3. The Morgan fingerprint density at radius 2 is 2.08 bits per heavy atom. The maximum Gasteiger partial charge on any atom is 0.255 e. The predicted molar refractivity (Wildman–Crippen MR) is 91.5 cm³/mol. The number of carbonyl (C=O) groups excluding carboxylic acids is 3. The second kappa shape index (κ2) is 7.10. The van der Waals surface area contributed by atoms with Gasteiger partial charge in [-0.05, 0) is 25.6 Å². The van der Waals surface area contributed by atoms with Crippen molar-refractivity contribution in [2.24, 2.45) is 0 Å². The summed E-state index contributed by atoms with van der Waals surface area (Å²) in [6.07, 6.45) is 0.588. The van der Waals surface area contributed by atoms with Crippen LogP contribution in [0.15, 0.2) is 12.1 Å². The third-order valence-corrected chi connectivity index (χ3v) is 4.56. The lowest BCUT2D eigenvalue weighted by Crippen LogP contribution is -2.52. The van der Waals surface area contributed by atoms with E-state index < -0.39 is 11.9 Å². The van der Waals surface area contributed by atoms with Gasteiger partial charge in [-0.15, -0.1) is 0 Å². The molecule has 0 radical (unpaired) electrons. The number of benzene rings is 1. The summed E-state index contributed by atoms with van der Waals surface area (Å²) in [6.45, 7) is 1.81. The SMILES string of the molecule is CNCCNc1ccc2c(c1OC)CN([C@H]1CCC(=O)NC1=O)C2=O. The molecule has 1 saturated heterocycles. The average molecular weight is 346 g/mol. The topological polar surface area (TPSA) is 99.8 Å². The van der Waals surface area contributed by atoms with Crippen molar-refractivity contribution < 1.29 is 19.1 Å². The number of ether oxygens (including phenoxy) is 1. The largest absolute Gasteiger partial charge is 0.494 e. The second-order valence-corrected chi connectivity index (χ2v) is 6.10. The Morgan fingerprint density at radius 1 is 1.28 bits per heavy atom. The van der Waals surface area contributed by atoms with Gasteiger partial charge >= 0.3 is 0 Å². The third-order valence-electron chi connectivity index (χ3n) is 4.56. The fraction of sp³-hybridized carbons (Fsp3) is 0.471. The van der Waals surface area contributed by atoms with Crippen LogP contribution in [0.5, 0.6) is 5.75 Å². The molecule has 0 aliphatic carbocycles. The maximum absolute atomic E-state index is 12.7. The van der Waals surface area contributed by atoms with Crippen LogP contribution in [0.2, 0.25) is 0 Å². The minimum absolute atomic E-state index is 0.204. The number of imide groups is 1. The molecule has 25 heavy (non-hydrogen) atoms. The molecular weight excluding hydrogens is 324 g/mol. The van der Waals surface area contributed by atoms with Crippen LogP contribution in [0.4, 0.5) is 5.69 Å². The van der Waals surface area contributed by atoms with Crippen LogP contribution in [0, 0.1) is 0 Å². The Hall–Kier alpha value is -2.61. The van der Waals surface area contributed by atoms with Crippen molar-refractivity contribution in [2.75, 3.05) is 32.6 Å². The van der Waals surface area contributed by atoms with Gasteiger partial charge in [0.15, 0.2) is 0 Å². The van der Waals surface area contributed by atoms with Gasteiger partial charge in [0.1, 0.15) is 11.8 Å². The smallest absolute Gasteiger partial charge is 0.255 e. The Balaban J connectivity index is 1.85. The number of anilines is 1. The number of fused-ring (bicyclic) bond motifs is 1. The van der Waals surface area contributed by atoms with Gasteiger partial charge in [-0.2, -0.15) is 0 Å². The monoisotopic (exact) mass is 346 g/mol. The first-order chi connectivity index (χ1) is 12.1. The van der Waals surface area contributed by atoms with Gasteiger partial charge in [0.25, 0.3) is 5.91 Å². The summed E-state index contributed by atoms with van der Waals surface area (Å²) in [5.74, 6) is -0.288. The Labute approximate surface area is 145 Å². The van der Waals surface area contributed by atoms with E-state index in [0.717, 1.165) is 24.3 Å². The fourth-order valence-electron chi connectivity index (χ4n) is 3.31. The van der Waals surface area contributed by atoms with Gasteiger partial charge in [-0.1, -0.05) is 0 Å². The average Bonchev–Trinajstić information content (AvgIpc) is 2.92. The van der Waals surface area contributed by atoms with E-state index in [1.165, 1.54) is 4.90 Å². The lowest BCUT2D eigenvalue weighted by Gasteiger charge is -2.29. The molecule has 8 nitrogen and oxygen atoms in total. The summed E-state index contributed by atoms with van der Waals surface area (Å²) >= 11 is 0. The number of carbonyl (C=O) groups is 3. The number of nitrogens with one attached hydrogen (secondary N) is 3. The van der Waals surface area contributed by atoms with Gasteiger partial charge in [0, 0.05) is 30.6 Å². The third kappa shape index (κ3) is 3.17. The molecule has 8 heteroatoms. The Morgan fingerprint density at radius 3 is 2.76 bits per heavy atom. The highest BCUT2D eigenvalue weighted by Gasteiger charge is 2.40. The number of hydrogen-bond acceptors (Lipinski definition) is 6. The van der Waals surface area contributed by atoms with Crippen LogP contribution in [-0.2, 0) is 16.1 Å². The summed E-state index contributed by atoms with van der Waals surface area (Å²) in [4.78, 5) is 37.7. The molecule has 0 bridgehead atoms. The molecule has 1 aromatic carbocycles. The molecule has 3 rings (SSSR count).